The van der Waals surface area contributed by atoms with E-state index in [1.807, 2.05) is 5.51 Å². The molecule has 1 unspecified atom stereocenters. The van der Waals surface area contributed by atoms with Crippen LogP contribution >= 0.6 is 11.3 Å². The number of hydrogen-bond donors (Lipinski definition) is 1. The average molecular weight is 262 g/mol. The Bertz CT molecular complexity index is 390. The summed E-state index contributed by atoms with van der Waals surface area (Å²) in [5, 5.41) is 2.17. The second-order valence-corrected chi connectivity index (χ2v) is 7.79. The van der Waals surface area contributed by atoms with Crippen LogP contribution in [0.1, 0.15) is 44.2 Å². The molecule has 0 aromatic carbocycles. The number of hydrogen-bond acceptors (Lipinski definition) is 3. The van der Waals surface area contributed by atoms with Gasteiger partial charge in [-0.15, -0.1) is 11.3 Å². The van der Waals surface area contributed by atoms with E-state index in [0.717, 1.165) is 24.2 Å². The molecule has 2 nitrogen and oxygen atoms in total. The van der Waals surface area contributed by atoms with Gasteiger partial charge in [-0.2, -0.15) is 0 Å². The lowest BCUT2D eigenvalue weighted by atomic mass is 9.47. The summed E-state index contributed by atoms with van der Waals surface area (Å²) < 4.78 is 0. The molecule has 4 aliphatic carbocycles. The second kappa shape index (κ2) is 4.04. The minimum absolute atomic E-state index is 0.341. The first-order valence-corrected chi connectivity index (χ1v) is 8.30. The van der Waals surface area contributed by atoms with Gasteiger partial charge < -0.3 is 5.73 Å². The molecule has 1 atom stereocenters. The Morgan fingerprint density at radius 3 is 2.33 bits per heavy atom. The zero-order valence-corrected chi connectivity index (χ0v) is 11.7. The third kappa shape index (κ3) is 1.75. The van der Waals surface area contributed by atoms with Crippen LogP contribution in [0.25, 0.3) is 0 Å². The van der Waals surface area contributed by atoms with Crippen molar-refractivity contribution >= 4 is 11.3 Å². The summed E-state index contributed by atoms with van der Waals surface area (Å²) in [7, 11) is 0. The smallest absolute Gasteiger partial charge is 0.0794 e. The van der Waals surface area contributed by atoms with Crippen LogP contribution in [0, 0.1) is 23.2 Å². The van der Waals surface area contributed by atoms with Gasteiger partial charge in [-0.05, 0) is 61.7 Å². The number of aromatic nitrogens is 1. The van der Waals surface area contributed by atoms with Crippen LogP contribution in [0.2, 0.25) is 0 Å². The molecule has 1 aromatic rings. The van der Waals surface area contributed by atoms with Gasteiger partial charge in [0.15, 0.2) is 0 Å². The van der Waals surface area contributed by atoms with Crippen LogP contribution in [0.4, 0.5) is 0 Å². The summed E-state index contributed by atoms with van der Waals surface area (Å²) in [6.45, 7) is 0. The molecule has 3 heteroatoms. The molecule has 4 bridgehead atoms. The van der Waals surface area contributed by atoms with Crippen LogP contribution in [-0.4, -0.2) is 11.0 Å². The number of rotatable bonds is 3. The summed E-state index contributed by atoms with van der Waals surface area (Å²) in [4.78, 5) is 4.42. The van der Waals surface area contributed by atoms with Gasteiger partial charge in [0, 0.05) is 17.8 Å². The highest BCUT2D eigenvalue weighted by atomic mass is 32.1. The third-order valence-corrected chi connectivity index (χ3v) is 6.42. The quantitative estimate of drug-likeness (QED) is 0.908. The first-order chi connectivity index (χ1) is 8.73. The Morgan fingerprint density at radius 1 is 1.22 bits per heavy atom. The molecule has 4 saturated carbocycles. The lowest BCUT2D eigenvalue weighted by Gasteiger charge is -2.59. The molecule has 98 valence electrons. The fraction of sp³-hybridized carbons (Fsp3) is 0.800. The van der Waals surface area contributed by atoms with Gasteiger partial charge in [-0.25, -0.2) is 4.98 Å². The molecule has 4 aliphatic rings. The van der Waals surface area contributed by atoms with Gasteiger partial charge in [-0.3, -0.25) is 0 Å². The minimum Gasteiger partial charge on any atom is -0.327 e. The average Bonchev–Trinajstić information content (AvgIpc) is 2.79. The van der Waals surface area contributed by atoms with Crippen molar-refractivity contribution in [2.75, 3.05) is 0 Å². The second-order valence-electron chi connectivity index (χ2n) is 7.07. The maximum atomic E-state index is 6.63. The van der Waals surface area contributed by atoms with Gasteiger partial charge in [0.25, 0.3) is 0 Å². The highest BCUT2D eigenvalue weighted by Gasteiger charge is 2.53. The van der Waals surface area contributed by atoms with Gasteiger partial charge >= 0.3 is 0 Å². The van der Waals surface area contributed by atoms with E-state index in [9.17, 15) is 0 Å². The monoisotopic (exact) mass is 262 g/mol. The Kier molecular flexibility index (Phi) is 2.56. The molecule has 0 spiro atoms. The molecule has 5 rings (SSSR count). The van der Waals surface area contributed by atoms with Crippen molar-refractivity contribution in [2.24, 2.45) is 28.9 Å². The number of nitrogens with two attached hydrogens (primary N) is 1. The van der Waals surface area contributed by atoms with E-state index in [2.05, 4.69) is 10.4 Å². The summed E-state index contributed by atoms with van der Waals surface area (Å²) in [5.41, 5.74) is 10.2. The van der Waals surface area contributed by atoms with Gasteiger partial charge in [-0.1, -0.05) is 0 Å². The Labute approximate surface area is 113 Å². The molecule has 4 fully saturated rings. The number of nitrogens with zero attached hydrogens (tertiary/aromatic N) is 1. The summed E-state index contributed by atoms with van der Waals surface area (Å²) in [6.07, 6.45) is 9.72. The zero-order valence-electron chi connectivity index (χ0n) is 10.8. The first kappa shape index (κ1) is 11.4. The van der Waals surface area contributed by atoms with E-state index in [-0.39, 0.29) is 0 Å². The molecule has 0 aliphatic heterocycles. The molecule has 1 heterocycles. The lowest BCUT2D eigenvalue weighted by Crippen LogP contribution is -2.55. The highest BCUT2D eigenvalue weighted by molar-refractivity contribution is 7.07. The van der Waals surface area contributed by atoms with E-state index < -0.39 is 0 Å². The zero-order chi connectivity index (χ0) is 12.2. The Balaban J connectivity index is 1.56. The Morgan fingerprint density at radius 2 is 1.83 bits per heavy atom. The standard InChI is InChI=1S/C15H22N2S/c16-14(4-13-8-18-9-17-13)15-5-10-1-11(6-15)3-12(2-10)7-15/h8-12,14H,1-7,16H2. The molecular formula is C15H22N2S. The topological polar surface area (TPSA) is 38.9 Å². The van der Waals surface area contributed by atoms with Crippen LogP contribution in [-0.2, 0) is 6.42 Å². The van der Waals surface area contributed by atoms with Crippen molar-refractivity contribution in [2.45, 2.75) is 51.0 Å². The summed E-state index contributed by atoms with van der Waals surface area (Å²) in [6, 6.07) is 0.341. The van der Waals surface area contributed by atoms with Crippen LogP contribution in [0.15, 0.2) is 10.9 Å². The van der Waals surface area contributed by atoms with E-state index in [1.54, 1.807) is 11.3 Å². The van der Waals surface area contributed by atoms with Crippen molar-refractivity contribution in [1.29, 1.82) is 0 Å². The predicted molar refractivity (Wildman–Crippen MR) is 74.4 cm³/mol. The van der Waals surface area contributed by atoms with E-state index in [1.165, 1.54) is 44.2 Å². The first-order valence-electron chi connectivity index (χ1n) is 7.36. The van der Waals surface area contributed by atoms with Crippen molar-refractivity contribution < 1.29 is 0 Å². The summed E-state index contributed by atoms with van der Waals surface area (Å²) in [5.74, 6) is 2.99. The molecule has 0 radical (unpaired) electrons. The van der Waals surface area contributed by atoms with E-state index in [4.69, 9.17) is 5.73 Å². The predicted octanol–water partition coefficient (Wildman–Crippen LogP) is 3.23. The van der Waals surface area contributed by atoms with Gasteiger partial charge in [0.05, 0.1) is 11.2 Å². The lowest BCUT2D eigenvalue weighted by molar-refractivity contribution is -0.0668. The maximum Gasteiger partial charge on any atom is 0.0794 e. The largest absolute Gasteiger partial charge is 0.327 e. The molecule has 1 aromatic heterocycles. The molecule has 0 amide bonds. The molecule has 18 heavy (non-hydrogen) atoms. The maximum absolute atomic E-state index is 6.63. The normalized spacial score (nSPS) is 43.3. The highest BCUT2D eigenvalue weighted by Crippen LogP contribution is 2.61. The van der Waals surface area contributed by atoms with Gasteiger partial charge in [0.2, 0.25) is 0 Å². The number of thiazole rings is 1. The molecular weight excluding hydrogens is 240 g/mol. The van der Waals surface area contributed by atoms with Crippen LogP contribution in [0.3, 0.4) is 0 Å². The van der Waals surface area contributed by atoms with Crippen molar-refractivity contribution in [1.82, 2.24) is 4.98 Å². The fourth-order valence-corrected chi connectivity index (χ4v) is 5.98. The fourth-order valence-electron chi connectivity index (χ4n) is 5.41. The van der Waals surface area contributed by atoms with Crippen molar-refractivity contribution in [3.63, 3.8) is 0 Å². The van der Waals surface area contributed by atoms with Crippen LogP contribution in [0.5, 0.6) is 0 Å². The SMILES string of the molecule is NC(Cc1cscn1)C12CC3CC(CC(C3)C1)C2. The minimum atomic E-state index is 0.341. The van der Waals surface area contributed by atoms with Crippen molar-refractivity contribution in [3.8, 4) is 0 Å². The Hall–Kier alpha value is -0.410. The summed E-state index contributed by atoms with van der Waals surface area (Å²) >= 11 is 1.69. The van der Waals surface area contributed by atoms with Crippen molar-refractivity contribution in [3.05, 3.63) is 16.6 Å². The molecule has 0 saturated heterocycles. The van der Waals surface area contributed by atoms with Crippen LogP contribution < -0.4 is 5.73 Å². The van der Waals surface area contributed by atoms with E-state index in [0.29, 0.717) is 11.5 Å². The molecule has 2 N–H and O–H groups in total. The van der Waals surface area contributed by atoms with E-state index >= 15 is 0 Å². The van der Waals surface area contributed by atoms with Gasteiger partial charge in [0.1, 0.15) is 0 Å². The third-order valence-electron chi connectivity index (χ3n) is 5.78.